The van der Waals surface area contributed by atoms with E-state index in [2.05, 4.69) is 15.9 Å². The fourth-order valence-corrected chi connectivity index (χ4v) is 1.74. The summed E-state index contributed by atoms with van der Waals surface area (Å²) in [5.74, 6) is 0.203. The fraction of sp³-hybridized carbons (Fsp3) is 0.364. The van der Waals surface area contributed by atoms with E-state index in [0.717, 1.165) is 4.47 Å². The van der Waals surface area contributed by atoms with Crippen molar-refractivity contribution in [2.24, 2.45) is 5.73 Å². The Hall–Kier alpha value is -1.07. The first-order chi connectivity index (χ1) is 7.60. The largest absolute Gasteiger partial charge is 0.497 e. The van der Waals surface area contributed by atoms with Gasteiger partial charge >= 0.3 is 5.97 Å². The van der Waals surface area contributed by atoms with Gasteiger partial charge in [-0.3, -0.25) is 0 Å². The van der Waals surface area contributed by atoms with Gasteiger partial charge in [-0.05, 0) is 30.7 Å². The summed E-state index contributed by atoms with van der Waals surface area (Å²) in [6.07, 6.45) is 0. The zero-order valence-electron chi connectivity index (χ0n) is 9.20. The van der Waals surface area contributed by atoms with Crippen LogP contribution in [0.25, 0.3) is 0 Å². The molecule has 1 aromatic rings. The molecule has 0 spiro atoms. The quantitative estimate of drug-likeness (QED) is 0.861. The molecule has 0 aliphatic carbocycles. The second kappa shape index (κ2) is 5.86. The highest BCUT2D eigenvalue weighted by molar-refractivity contribution is 9.10. The average molecular weight is 288 g/mol. The maximum absolute atomic E-state index is 11.5. The summed E-state index contributed by atoms with van der Waals surface area (Å²) in [5.41, 5.74) is 6.44. The topological polar surface area (TPSA) is 61.5 Å². The fourth-order valence-electron chi connectivity index (χ4n) is 1.25. The minimum absolute atomic E-state index is 0.314. The van der Waals surface area contributed by atoms with Crippen molar-refractivity contribution in [3.05, 3.63) is 28.2 Å². The van der Waals surface area contributed by atoms with Gasteiger partial charge < -0.3 is 15.2 Å². The van der Waals surface area contributed by atoms with E-state index in [0.29, 0.717) is 17.9 Å². The highest BCUT2D eigenvalue weighted by atomic mass is 79.9. The molecule has 0 bridgehead atoms. The van der Waals surface area contributed by atoms with Crippen LogP contribution in [0.1, 0.15) is 18.5 Å². The monoisotopic (exact) mass is 287 g/mol. The zero-order chi connectivity index (χ0) is 12.1. The van der Waals surface area contributed by atoms with Gasteiger partial charge in [0.25, 0.3) is 0 Å². The third kappa shape index (κ3) is 2.96. The Morgan fingerprint density at radius 2 is 2.25 bits per heavy atom. The molecular formula is C11H14BrNO3. The lowest BCUT2D eigenvalue weighted by Crippen LogP contribution is -2.24. The number of ether oxygens (including phenoxy) is 2. The first-order valence-corrected chi connectivity index (χ1v) is 5.65. The molecule has 0 aromatic heterocycles. The van der Waals surface area contributed by atoms with E-state index < -0.39 is 12.0 Å². The second-order valence-corrected chi connectivity index (χ2v) is 3.97. The highest BCUT2D eigenvalue weighted by Gasteiger charge is 2.20. The summed E-state index contributed by atoms with van der Waals surface area (Å²) in [6, 6.07) is 4.48. The van der Waals surface area contributed by atoms with Gasteiger partial charge in [0, 0.05) is 4.47 Å². The van der Waals surface area contributed by atoms with Crippen molar-refractivity contribution in [3.8, 4) is 5.75 Å². The Bertz CT molecular complexity index is 381. The third-order valence-corrected chi connectivity index (χ3v) is 2.80. The summed E-state index contributed by atoms with van der Waals surface area (Å²) in [6.45, 7) is 2.05. The van der Waals surface area contributed by atoms with Crippen molar-refractivity contribution in [3.63, 3.8) is 0 Å². The smallest absolute Gasteiger partial charge is 0.327 e. The van der Waals surface area contributed by atoms with Gasteiger partial charge in [-0.25, -0.2) is 4.79 Å². The van der Waals surface area contributed by atoms with E-state index in [-0.39, 0.29) is 0 Å². The highest BCUT2D eigenvalue weighted by Crippen LogP contribution is 2.27. The Morgan fingerprint density at radius 3 is 2.81 bits per heavy atom. The van der Waals surface area contributed by atoms with Crippen LogP contribution >= 0.6 is 15.9 Å². The summed E-state index contributed by atoms with van der Waals surface area (Å²) in [5, 5.41) is 0. The van der Waals surface area contributed by atoms with E-state index in [1.807, 2.05) is 0 Å². The number of carbonyl (C=O) groups excluding carboxylic acids is 1. The van der Waals surface area contributed by atoms with Crippen LogP contribution in [0.4, 0.5) is 0 Å². The van der Waals surface area contributed by atoms with Crippen LogP contribution in [-0.2, 0) is 9.53 Å². The molecule has 0 fully saturated rings. The van der Waals surface area contributed by atoms with Gasteiger partial charge in [0.15, 0.2) is 0 Å². The second-order valence-electron chi connectivity index (χ2n) is 3.12. The van der Waals surface area contributed by atoms with Crippen molar-refractivity contribution in [2.45, 2.75) is 13.0 Å². The average Bonchev–Trinajstić information content (AvgIpc) is 2.29. The first kappa shape index (κ1) is 13.0. The number of carbonyl (C=O) groups is 1. The minimum Gasteiger partial charge on any atom is -0.497 e. The number of hydrogen-bond acceptors (Lipinski definition) is 4. The van der Waals surface area contributed by atoms with Gasteiger partial charge in [0.05, 0.1) is 13.7 Å². The summed E-state index contributed by atoms with van der Waals surface area (Å²) >= 11 is 3.34. The predicted molar refractivity (Wildman–Crippen MR) is 64.3 cm³/mol. The minimum atomic E-state index is -0.801. The molecule has 5 heteroatoms. The van der Waals surface area contributed by atoms with Crippen LogP contribution in [0.2, 0.25) is 0 Å². The maximum Gasteiger partial charge on any atom is 0.327 e. The number of hydrogen-bond donors (Lipinski definition) is 1. The molecule has 0 amide bonds. The molecule has 4 nitrogen and oxygen atoms in total. The molecular weight excluding hydrogens is 274 g/mol. The molecule has 0 heterocycles. The Morgan fingerprint density at radius 1 is 1.56 bits per heavy atom. The molecule has 2 N–H and O–H groups in total. The zero-order valence-corrected chi connectivity index (χ0v) is 10.8. The summed E-state index contributed by atoms with van der Waals surface area (Å²) < 4.78 is 10.7. The predicted octanol–water partition coefficient (Wildman–Crippen LogP) is 2.02. The number of esters is 1. The van der Waals surface area contributed by atoms with Crippen molar-refractivity contribution in [2.75, 3.05) is 13.7 Å². The molecule has 88 valence electrons. The molecule has 1 rings (SSSR count). The first-order valence-electron chi connectivity index (χ1n) is 4.85. The van der Waals surface area contributed by atoms with Gasteiger partial charge in [0.1, 0.15) is 11.8 Å². The maximum atomic E-state index is 11.5. The Balaban J connectivity index is 2.97. The third-order valence-electron chi connectivity index (χ3n) is 2.08. The van der Waals surface area contributed by atoms with Crippen LogP contribution < -0.4 is 10.5 Å². The molecule has 1 unspecified atom stereocenters. The summed E-state index contributed by atoms with van der Waals surface area (Å²) in [4.78, 5) is 11.5. The Kier molecular flexibility index (Phi) is 4.76. The van der Waals surface area contributed by atoms with E-state index in [1.165, 1.54) is 0 Å². The standard InChI is InChI=1S/C11H14BrNO3/c1-3-16-11(14)10(13)8-6-7(15-2)4-5-9(8)12/h4-6,10H,3,13H2,1-2H3. The van der Waals surface area contributed by atoms with E-state index >= 15 is 0 Å². The lowest BCUT2D eigenvalue weighted by atomic mass is 10.1. The molecule has 0 saturated carbocycles. The van der Waals surface area contributed by atoms with Crippen LogP contribution in [0.5, 0.6) is 5.75 Å². The lowest BCUT2D eigenvalue weighted by Gasteiger charge is -2.13. The summed E-state index contributed by atoms with van der Waals surface area (Å²) in [7, 11) is 1.56. The van der Waals surface area contributed by atoms with Crippen molar-refractivity contribution in [1.82, 2.24) is 0 Å². The van der Waals surface area contributed by atoms with Crippen LogP contribution in [-0.4, -0.2) is 19.7 Å². The van der Waals surface area contributed by atoms with Crippen LogP contribution in [0, 0.1) is 0 Å². The normalized spacial score (nSPS) is 12.0. The molecule has 0 aliphatic rings. The molecule has 16 heavy (non-hydrogen) atoms. The molecule has 0 aliphatic heterocycles. The number of benzene rings is 1. The number of halogens is 1. The number of rotatable bonds is 4. The van der Waals surface area contributed by atoms with E-state index in [1.54, 1.807) is 32.2 Å². The molecule has 0 saturated heterocycles. The molecule has 1 atom stereocenters. The van der Waals surface area contributed by atoms with Crippen molar-refractivity contribution < 1.29 is 14.3 Å². The number of nitrogens with two attached hydrogens (primary N) is 1. The van der Waals surface area contributed by atoms with E-state index in [9.17, 15) is 4.79 Å². The van der Waals surface area contributed by atoms with Crippen molar-refractivity contribution >= 4 is 21.9 Å². The molecule has 1 aromatic carbocycles. The van der Waals surface area contributed by atoms with Crippen molar-refractivity contribution in [1.29, 1.82) is 0 Å². The van der Waals surface area contributed by atoms with Crippen LogP contribution in [0.15, 0.2) is 22.7 Å². The Labute approximate surface area is 103 Å². The lowest BCUT2D eigenvalue weighted by molar-refractivity contribution is -0.144. The van der Waals surface area contributed by atoms with Gasteiger partial charge in [-0.15, -0.1) is 0 Å². The number of methoxy groups -OCH3 is 1. The molecule has 0 radical (unpaired) electrons. The van der Waals surface area contributed by atoms with Gasteiger partial charge in [0.2, 0.25) is 0 Å². The van der Waals surface area contributed by atoms with Gasteiger partial charge in [-0.1, -0.05) is 15.9 Å². The van der Waals surface area contributed by atoms with Crippen LogP contribution in [0.3, 0.4) is 0 Å². The van der Waals surface area contributed by atoms with Gasteiger partial charge in [-0.2, -0.15) is 0 Å². The SMILES string of the molecule is CCOC(=O)C(N)c1cc(OC)ccc1Br. The van der Waals surface area contributed by atoms with E-state index in [4.69, 9.17) is 15.2 Å².